The molecule has 1 aliphatic carbocycles. The van der Waals surface area contributed by atoms with Crippen molar-refractivity contribution in [1.29, 1.82) is 0 Å². The highest BCUT2D eigenvalue weighted by atomic mass is 79.9. The van der Waals surface area contributed by atoms with E-state index in [1.807, 2.05) is 11.7 Å². The number of halogens is 2. The number of hydrogen-bond acceptors (Lipinski definition) is 2. The van der Waals surface area contributed by atoms with Gasteiger partial charge >= 0.3 is 0 Å². The van der Waals surface area contributed by atoms with E-state index in [-0.39, 0.29) is 0 Å². The van der Waals surface area contributed by atoms with Gasteiger partial charge in [-0.2, -0.15) is 0 Å². The molecule has 2 unspecified atom stereocenters. The van der Waals surface area contributed by atoms with Crippen LogP contribution in [0.25, 0.3) is 0 Å². The van der Waals surface area contributed by atoms with E-state index in [9.17, 15) is 0 Å². The zero-order valence-corrected chi connectivity index (χ0v) is 9.72. The maximum absolute atomic E-state index is 6.06. The quantitative estimate of drug-likeness (QED) is 0.730. The molecule has 0 aliphatic heterocycles. The summed E-state index contributed by atoms with van der Waals surface area (Å²) in [5.41, 5.74) is 1.18. The lowest BCUT2D eigenvalue weighted by Crippen LogP contribution is -2.03. The molecule has 2 atom stereocenters. The second-order valence-corrected chi connectivity index (χ2v) is 4.86. The number of aryl methyl sites for hydroxylation is 1. The van der Waals surface area contributed by atoms with Crippen molar-refractivity contribution in [2.45, 2.75) is 30.6 Å². The van der Waals surface area contributed by atoms with E-state index in [1.165, 1.54) is 5.69 Å². The lowest BCUT2D eigenvalue weighted by Gasteiger charge is -2.08. The van der Waals surface area contributed by atoms with Crippen molar-refractivity contribution in [3.05, 3.63) is 10.3 Å². The van der Waals surface area contributed by atoms with Crippen molar-refractivity contribution < 1.29 is 0 Å². The van der Waals surface area contributed by atoms with Crippen molar-refractivity contribution in [1.82, 2.24) is 15.0 Å². The summed E-state index contributed by atoms with van der Waals surface area (Å²) in [6.07, 6.45) is 3.29. The molecule has 1 saturated carbocycles. The summed E-state index contributed by atoms with van der Waals surface area (Å²) >= 11 is 9.47. The molecule has 0 aromatic carbocycles. The van der Waals surface area contributed by atoms with Gasteiger partial charge in [0.25, 0.3) is 0 Å². The fourth-order valence-electron chi connectivity index (χ4n) is 1.95. The van der Waals surface area contributed by atoms with Crippen LogP contribution >= 0.6 is 27.5 Å². The van der Waals surface area contributed by atoms with Crippen LogP contribution in [0.4, 0.5) is 0 Å². The van der Waals surface area contributed by atoms with Crippen molar-refractivity contribution >= 4 is 27.5 Å². The molecule has 0 bridgehead atoms. The number of aromatic nitrogens is 3. The van der Waals surface area contributed by atoms with Crippen LogP contribution in [0, 0.1) is 0 Å². The van der Waals surface area contributed by atoms with Crippen LogP contribution in [0.2, 0.25) is 0 Å². The van der Waals surface area contributed by atoms with E-state index >= 15 is 0 Å². The first-order chi connectivity index (χ1) is 6.18. The van der Waals surface area contributed by atoms with Crippen LogP contribution in [0.15, 0.2) is 4.60 Å². The van der Waals surface area contributed by atoms with Crippen LogP contribution in [0.3, 0.4) is 0 Å². The summed E-state index contributed by atoms with van der Waals surface area (Å²) in [4.78, 5) is 0. The van der Waals surface area contributed by atoms with Gasteiger partial charge in [0.05, 0.1) is 5.69 Å². The molecular weight excluding hydrogens is 253 g/mol. The monoisotopic (exact) mass is 263 g/mol. The van der Waals surface area contributed by atoms with E-state index in [0.29, 0.717) is 11.3 Å². The van der Waals surface area contributed by atoms with E-state index < -0.39 is 0 Å². The molecule has 72 valence electrons. The molecule has 13 heavy (non-hydrogen) atoms. The van der Waals surface area contributed by atoms with E-state index in [2.05, 4.69) is 26.2 Å². The van der Waals surface area contributed by atoms with Crippen LogP contribution in [0.5, 0.6) is 0 Å². The van der Waals surface area contributed by atoms with Crippen LogP contribution in [-0.2, 0) is 7.05 Å². The minimum atomic E-state index is 0.326. The Morgan fingerprint density at radius 3 is 2.77 bits per heavy atom. The van der Waals surface area contributed by atoms with Gasteiger partial charge in [0.1, 0.15) is 0 Å². The first-order valence-electron chi connectivity index (χ1n) is 4.37. The Kier molecular flexibility index (Phi) is 2.60. The van der Waals surface area contributed by atoms with Crippen molar-refractivity contribution in [2.24, 2.45) is 7.05 Å². The smallest absolute Gasteiger partial charge is 0.151 e. The van der Waals surface area contributed by atoms with Gasteiger partial charge in [-0.3, -0.25) is 4.68 Å². The predicted molar refractivity (Wildman–Crippen MR) is 54.9 cm³/mol. The molecule has 1 fully saturated rings. The molecule has 0 N–H and O–H groups in total. The average Bonchev–Trinajstić information content (AvgIpc) is 2.60. The topological polar surface area (TPSA) is 30.7 Å². The molecule has 1 aliphatic rings. The average molecular weight is 265 g/mol. The van der Waals surface area contributed by atoms with Gasteiger partial charge in [-0.05, 0) is 35.2 Å². The first kappa shape index (κ1) is 9.46. The second-order valence-electron chi connectivity index (χ2n) is 3.50. The predicted octanol–water partition coefficient (Wildman–Crippen LogP) is 2.45. The third-order valence-electron chi connectivity index (χ3n) is 2.58. The summed E-state index contributed by atoms with van der Waals surface area (Å²) in [6, 6.07) is 0. The Labute approximate surface area is 90.6 Å². The number of nitrogens with zero attached hydrogens (tertiary/aromatic N) is 3. The molecule has 1 aromatic rings. The molecule has 0 amide bonds. The fraction of sp³-hybridized carbons (Fsp3) is 0.750. The SMILES string of the molecule is Cn1nnc(Br)c1C1CCC(Cl)C1. The number of rotatable bonds is 1. The molecule has 1 heterocycles. The van der Waals surface area contributed by atoms with Gasteiger partial charge in [0.15, 0.2) is 4.60 Å². The Bertz CT molecular complexity index is 293. The standard InChI is InChI=1S/C8H11BrClN3/c1-13-7(8(9)11-12-13)5-2-3-6(10)4-5/h5-6H,2-4H2,1H3. The van der Waals surface area contributed by atoms with Crippen LogP contribution in [0.1, 0.15) is 30.9 Å². The van der Waals surface area contributed by atoms with E-state index in [1.54, 1.807) is 0 Å². The molecule has 3 nitrogen and oxygen atoms in total. The second kappa shape index (κ2) is 3.58. The molecule has 0 saturated heterocycles. The maximum atomic E-state index is 6.06. The van der Waals surface area contributed by atoms with Gasteiger partial charge in [-0.15, -0.1) is 16.7 Å². The largest absolute Gasteiger partial charge is 0.251 e. The van der Waals surface area contributed by atoms with Crippen LogP contribution < -0.4 is 0 Å². The van der Waals surface area contributed by atoms with Crippen molar-refractivity contribution in [3.63, 3.8) is 0 Å². The Hall–Kier alpha value is -0.0900. The molecule has 0 radical (unpaired) electrons. The number of hydrogen-bond donors (Lipinski definition) is 0. The lowest BCUT2D eigenvalue weighted by molar-refractivity contribution is 0.606. The van der Waals surface area contributed by atoms with Crippen molar-refractivity contribution in [2.75, 3.05) is 0 Å². The first-order valence-corrected chi connectivity index (χ1v) is 5.60. The molecule has 2 rings (SSSR count). The minimum absolute atomic E-state index is 0.326. The Balaban J connectivity index is 2.25. The van der Waals surface area contributed by atoms with Gasteiger partial charge in [-0.25, -0.2) is 0 Å². The highest BCUT2D eigenvalue weighted by Gasteiger charge is 2.28. The minimum Gasteiger partial charge on any atom is -0.251 e. The summed E-state index contributed by atoms with van der Waals surface area (Å²) in [6.45, 7) is 0. The maximum Gasteiger partial charge on any atom is 0.151 e. The Morgan fingerprint density at radius 1 is 1.54 bits per heavy atom. The third-order valence-corrected chi connectivity index (χ3v) is 3.54. The van der Waals surface area contributed by atoms with E-state index in [4.69, 9.17) is 11.6 Å². The summed E-state index contributed by atoms with van der Waals surface area (Å²) in [7, 11) is 1.93. The molecule has 1 aromatic heterocycles. The number of alkyl halides is 1. The fourth-order valence-corrected chi connectivity index (χ4v) is 2.94. The molecular formula is C8H11BrClN3. The normalized spacial score (nSPS) is 28.2. The Morgan fingerprint density at radius 2 is 2.31 bits per heavy atom. The van der Waals surface area contributed by atoms with Crippen LogP contribution in [-0.4, -0.2) is 20.4 Å². The molecule has 0 spiro atoms. The highest BCUT2D eigenvalue weighted by molar-refractivity contribution is 9.10. The van der Waals surface area contributed by atoms with E-state index in [0.717, 1.165) is 23.9 Å². The zero-order valence-electron chi connectivity index (χ0n) is 7.37. The van der Waals surface area contributed by atoms with Gasteiger partial charge in [0.2, 0.25) is 0 Å². The van der Waals surface area contributed by atoms with Gasteiger partial charge < -0.3 is 0 Å². The highest BCUT2D eigenvalue weighted by Crippen LogP contribution is 2.38. The zero-order chi connectivity index (χ0) is 9.42. The third kappa shape index (κ3) is 1.74. The van der Waals surface area contributed by atoms with Crippen molar-refractivity contribution in [3.8, 4) is 0 Å². The summed E-state index contributed by atoms with van der Waals surface area (Å²) in [5, 5.41) is 8.26. The van der Waals surface area contributed by atoms with Gasteiger partial charge in [-0.1, -0.05) is 5.21 Å². The van der Waals surface area contributed by atoms with Gasteiger partial charge in [0, 0.05) is 18.3 Å². The molecule has 5 heteroatoms. The summed E-state index contributed by atoms with van der Waals surface area (Å²) < 4.78 is 2.70. The lowest BCUT2D eigenvalue weighted by atomic mass is 10.1. The summed E-state index contributed by atoms with van der Waals surface area (Å²) in [5.74, 6) is 0.525.